The van der Waals surface area contributed by atoms with E-state index in [0.717, 1.165) is 32.8 Å². The van der Waals surface area contributed by atoms with Crippen LogP contribution in [0.3, 0.4) is 0 Å². The molecule has 2 aromatic heterocycles. The zero-order chi connectivity index (χ0) is 42.9. The van der Waals surface area contributed by atoms with Crippen LogP contribution < -0.4 is 9.80 Å². The van der Waals surface area contributed by atoms with E-state index in [-0.39, 0.29) is 19.8 Å². The average Bonchev–Trinajstić information content (AvgIpc) is 3.92. The van der Waals surface area contributed by atoms with Crippen molar-refractivity contribution in [1.82, 2.24) is 18.6 Å². The van der Waals surface area contributed by atoms with Gasteiger partial charge in [-0.2, -0.15) is 8.61 Å². The highest BCUT2D eigenvalue weighted by molar-refractivity contribution is 7.89. The van der Waals surface area contributed by atoms with Crippen molar-refractivity contribution in [2.45, 2.75) is 23.6 Å². The van der Waals surface area contributed by atoms with Gasteiger partial charge in [-0.1, -0.05) is 87.3 Å². The molecular formula is C40H36Cl6N6O4S4. The summed E-state index contributed by atoms with van der Waals surface area (Å²) in [4.78, 5) is 13.8. The van der Waals surface area contributed by atoms with Gasteiger partial charge >= 0.3 is 0 Å². The number of anilines is 2. The maximum Gasteiger partial charge on any atom is 0.244 e. The lowest BCUT2D eigenvalue weighted by Crippen LogP contribution is -2.48. The van der Waals surface area contributed by atoms with E-state index in [2.05, 4.69) is 52.2 Å². The third kappa shape index (κ3) is 10.1. The predicted octanol–water partition coefficient (Wildman–Crippen LogP) is 11.2. The molecule has 60 heavy (non-hydrogen) atoms. The molecule has 0 unspecified atom stereocenters. The highest BCUT2D eigenvalue weighted by Gasteiger charge is 2.33. The van der Waals surface area contributed by atoms with Gasteiger partial charge in [-0.25, -0.2) is 26.8 Å². The number of piperazine rings is 2. The first-order valence-electron chi connectivity index (χ1n) is 18.4. The summed E-state index contributed by atoms with van der Waals surface area (Å²) in [6.45, 7) is 7.68. The molecule has 0 atom stereocenters. The number of nitrogens with zero attached hydrogens (tertiary/aromatic N) is 6. The lowest BCUT2D eigenvalue weighted by Gasteiger charge is -2.34. The van der Waals surface area contributed by atoms with Crippen molar-refractivity contribution in [1.29, 1.82) is 0 Å². The summed E-state index contributed by atoms with van der Waals surface area (Å²) in [5, 5.41) is 7.82. The van der Waals surface area contributed by atoms with Crippen molar-refractivity contribution >= 4 is 123 Å². The molecule has 0 spiro atoms. The normalized spacial score (nSPS) is 15.5. The second-order valence-corrected chi connectivity index (χ2v) is 21.9. The molecule has 8 rings (SSSR count). The molecule has 0 radical (unpaired) electrons. The minimum absolute atomic E-state index is 0.0269. The monoisotopic (exact) mass is 1000 g/mol. The van der Waals surface area contributed by atoms with Crippen LogP contribution in [0.1, 0.15) is 11.1 Å². The summed E-state index contributed by atoms with van der Waals surface area (Å²) in [5.74, 6) is 0. The standard InChI is InChI=1S/C21H21Cl2N3O2S2.C19H15Cl4N3O2S2/c1-14-3-4-15(2)17(11-14)19-13-29-21(24-19)25-7-9-26(10-8-25)30(27,28)20-12-16(22)5-6-18(20)23;20-12-1-3-14(16(23)9-12)17-11-29-19(24-17)25-5-7-26(8-6-25)30(27,28)18-10-13(21)2-4-15(18)22/h3-6,11-13H,7-10H2,1-2H3;1-4,9-11H,5-8H2. The Balaban J connectivity index is 0.000000181. The number of hydrogen-bond donors (Lipinski definition) is 0. The van der Waals surface area contributed by atoms with Crippen molar-refractivity contribution in [2.75, 3.05) is 62.2 Å². The molecule has 2 aliphatic rings. The molecule has 2 fully saturated rings. The Bertz CT molecular complexity index is 2750. The van der Waals surface area contributed by atoms with E-state index in [9.17, 15) is 16.8 Å². The van der Waals surface area contributed by atoms with Gasteiger partial charge in [-0.3, -0.25) is 0 Å². The van der Waals surface area contributed by atoms with E-state index in [1.165, 1.54) is 55.3 Å². The summed E-state index contributed by atoms with van der Waals surface area (Å²) in [5.41, 5.74) is 6.04. The van der Waals surface area contributed by atoms with Gasteiger partial charge in [-0.15, -0.1) is 22.7 Å². The van der Waals surface area contributed by atoms with Crippen molar-refractivity contribution < 1.29 is 16.8 Å². The van der Waals surface area contributed by atoms with Crippen molar-refractivity contribution in [3.8, 4) is 22.5 Å². The number of hydrogen-bond acceptors (Lipinski definition) is 10. The lowest BCUT2D eigenvalue weighted by molar-refractivity contribution is 0.384. The van der Waals surface area contributed by atoms with E-state index in [1.54, 1.807) is 35.6 Å². The van der Waals surface area contributed by atoms with Gasteiger partial charge in [0.25, 0.3) is 0 Å². The van der Waals surface area contributed by atoms with E-state index < -0.39 is 20.0 Å². The Morgan fingerprint density at radius 2 is 0.933 bits per heavy atom. The Labute approximate surface area is 387 Å². The van der Waals surface area contributed by atoms with Gasteiger partial charge in [0.2, 0.25) is 20.0 Å². The summed E-state index contributed by atoms with van der Waals surface area (Å²) in [6.07, 6.45) is 0. The van der Waals surface area contributed by atoms with Crippen molar-refractivity contribution in [3.63, 3.8) is 0 Å². The molecule has 6 aromatic rings. The van der Waals surface area contributed by atoms with Crippen LogP contribution in [0, 0.1) is 13.8 Å². The Kier molecular flexibility index (Phi) is 14.3. The van der Waals surface area contributed by atoms with Gasteiger partial charge in [-0.05, 0) is 80.1 Å². The maximum absolute atomic E-state index is 13.0. The van der Waals surface area contributed by atoms with Crippen LogP contribution in [0.5, 0.6) is 0 Å². The third-order valence-electron chi connectivity index (χ3n) is 9.90. The van der Waals surface area contributed by atoms with E-state index in [4.69, 9.17) is 74.6 Å². The van der Waals surface area contributed by atoms with E-state index in [0.29, 0.717) is 72.4 Å². The molecule has 2 aliphatic heterocycles. The van der Waals surface area contributed by atoms with E-state index >= 15 is 0 Å². The Morgan fingerprint density at radius 1 is 0.500 bits per heavy atom. The van der Waals surface area contributed by atoms with Crippen LogP contribution in [0.15, 0.2) is 93.3 Å². The van der Waals surface area contributed by atoms with Crippen LogP contribution in [-0.2, 0) is 20.0 Å². The Morgan fingerprint density at radius 3 is 1.40 bits per heavy atom. The zero-order valence-corrected chi connectivity index (χ0v) is 39.8. The number of rotatable bonds is 8. The van der Waals surface area contributed by atoms with Crippen LogP contribution in [-0.4, -0.2) is 87.8 Å². The molecule has 4 heterocycles. The number of halogens is 6. The van der Waals surface area contributed by atoms with Gasteiger partial charge in [0.1, 0.15) is 9.79 Å². The van der Waals surface area contributed by atoms with Crippen LogP contribution in [0.25, 0.3) is 22.5 Å². The SMILES string of the molecule is Cc1ccc(C)c(-c2csc(N3CCN(S(=O)(=O)c4cc(Cl)ccc4Cl)CC3)n2)c1.O=S(=O)(c1cc(Cl)ccc1Cl)N1CCN(c2nc(-c3ccc(Cl)cc3Cl)cs2)CC1. The van der Waals surface area contributed by atoms with Crippen molar-refractivity contribution in [2.24, 2.45) is 0 Å². The molecule has 20 heteroatoms. The first-order chi connectivity index (χ1) is 28.5. The Hall–Kier alpha value is -2.70. The number of benzene rings is 4. The fourth-order valence-corrected chi connectivity index (χ4v) is 13.2. The first kappa shape index (κ1) is 45.3. The summed E-state index contributed by atoms with van der Waals surface area (Å²) < 4.78 is 54.9. The minimum atomic E-state index is -3.72. The fourth-order valence-electron chi connectivity index (χ4n) is 6.64. The highest BCUT2D eigenvalue weighted by Crippen LogP contribution is 2.36. The molecule has 0 aliphatic carbocycles. The van der Waals surface area contributed by atoms with Crippen LogP contribution in [0.4, 0.5) is 10.3 Å². The van der Waals surface area contributed by atoms with Gasteiger partial charge < -0.3 is 9.80 Å². The summed E-state index contributed by atoms with van der Waals surface area (Å²) in [7, 11) is -7.42. The first-order valence-corrected chi connectivity index (χ1v) is 25.3. The third-order valence-corrected chi connectivity index (χ3v) is 17.5. The molecule has 4 aromatic carbocycles. The number of aryl methyl sites for hydroxylation is 2. The minimum Gasteiger partial charge on any atom is -0.345 e. The largest absolute Gasteiger partial charge is 0.345 e. The summed E-state index contributed by atoms with van der Waals surface area (Å²) in [6, 6.07) is 20.6. The molecule has 10 nitrogen and oxygen atoms in total. The van der Waals surface area contributed by atoms with Crippen LogP contribution in [0.2, 0.25) is 30.1 Å². The molecule has 0 bridgehead atoms. The molecule has 316 valence electrons. The molecule has 0 amide bonds. The number of sulfonamides is 2. The zero-order valence-electron chi connectivity index (χ0n) is 32.0. The molecule has 2 saturated heterocycles. The van der Waals surface area contributed by atoms with Crippen LogP contribution >= 0.6 is 92.3 Å². The van der Waals surface area contributed by atoms with Gasteiger partial charge in [0.15, 0.2) is 10.3 Å². The second-order valence-electron chi connectivity index (χ2n) is 13.9. The smallest absolute Gasteiger partial charge is 0.244 e. The van der Waals surface area contributed by atoms with Gasteiger partial charge in [0, 0.05) is 89.3 Å². The number of aromatic nitrogens is 2. The quantitative estimate of drug-likeness (QED) is 0.148. The summed E-state index contributed by atoms with van der Waals surface area (Å²) >= 11 is 39.5. The topological polar surface area (TPSA) is 107 Å². The number of thiazole rings is 2. The van der Waals surface area contributed by atoms with Gasteiger partial charge in [0.05, 0.1) is 26.5 Å². The average molecular weight is 1010 g/mol. The second kappa shape index (κ2) is 19.0. The highest BCUT2D eigenvalue weighted by atomic mass is 35.5. The molecule has 0 saturated carbocycles. The molecular weight excluding hydrogens is 969 g/mol. The predicted molar refractivity (Wildman–Crippen MR) is 249 cm³/mol. The molecule has 0 N–H and O–H groups in total. The lowest BCUT2D eigenvalue weighted by atomic mass is 10.0. The van der Waals surface area contributed by atoms with Crippen molar-refractivity contribution in [3.05, 3.63) is 125 Å². The fraction of sp³-hybridized carbons (Fsp3) is 0.250. The van der Waals surface area contributed by atoms with E-state index in [1.807, 2.05) is 11.4 Å². The maximum atomic E-state index is 13.0.